The van der Waals surface area contributed by atoms with Crippen molar-refractivity contribution in [3.05, 3.63) is 48.0 Å². The van der Waals surface area contributed by atoms with Crippen molar-refractivity contribution >= 4 is 5.78 Å². The molecule has 0 radical (unpaired) electrons. The smallest absolute Gasteiger partial charge is 0.161 e. The number of carbonyl (C=O) groups excluding carboxylic acids is 1. The Morgan fingerprint density at radius 2 is 2.00 bits per heavy atom. The fraction of sp³-hybridized carbons (Fsp3) is 0.679. The summed E-state index contributed by atoms with van der Waals surface area (Å²) in [6.45, 7) is 12.8. The summed E-state index contributed by atoms with van der Waals surface area (Å²) in [7, 11) is 0. The largest absolute Gasteiger partial charge is 0.472 e. The molecule has 1 aliphatic heterocycles. The van der Waals surface area contributed by atoms with Gasteiger partial charge < -0.3 is 13.9 Å². The van der Waals surface area contributed by atoms with Crippen LogP contribution in [0.15, 0.2) is 46.8 Å². The summed E-state index contributed by atoms with van der Waals surface area (Å²) in [5, 5.41) is 0. The molecule has 1 aromatic rings. The van der Waals surface area contributed by atoms with Crippen LogP contribution in [0.25, 0.3) is 0 Å². The van der Waals surface area contributed by atoms with E-state index in [1.807, 2.05) is 12.3 Å². The van der Waals surface area contributed by atoms with Gasteiger partial charge in [-0.3, -0.25) is 4.79 Å². The van der Waals surface area contributed by atoms with Gasteiger partial charge in [-0.2, -0.15) is 0 Å². The van der Waals surface area contributed by atoms with E-state index in [-0.39, 0.29) is 46.1 Å². The number of hydrogen-bond donors (Lipinski definition) is 0. The zero-order chi connectivity index (χ0) is 22.5. The molecule has 4 aliphatic carbocycles. The average molecular weight is 437 g/mol. The average Bonchev–Trinajstić information content (AvgIpc) is 3.47. The molecule has 0 bridgehead atoms. The van der Waals surface area contributed by atoms with Gasteiger partial charge in [-0.15, -0.1) is 0 Å². The summed E-state index contributed by atoms with van der Waals surface area (Å²) in [5.74, 6) is 1.11. The van der Waals surface area contributed by atoms with Gasteiger partial charge in [-0.25, -0.2) is 0 Å². The first-order valence-electron chi connectivity index (χ1n) is 12.4. The van der Waals surface area contributed by atoms with E-state index >= 15 is 0 Å². The first-order valence-corrected chi connectivity index (χ1v) is 12.4. The highest BCUT2D eigenvalue weighted by atomic mass is 16.5. The highest BCUT2D eigenvalue weighted by Crippen LogP contribution is 2.74. The second kappa shape index (κ2) is 6.48. The van der Waals surface area contributed by atoms with E-state index in [2.05, 4.69) is 52.8 Å². The van der Waals surface area contributed by atoms with Gasteiger partial charge in [-0.05, 0) is 61.1 Å². The van der Waals surface area contributed by atoms with Gasteiger partial charge in [0.2, 0.25) is 0 Å². The molecule has 5 aliphatic rings. The van der Waals surface area contributed by atoms with Gasteiger partial charge >= 0.3 is 0 Å². The summed E-state index contributed by atoms with van der Waals surface area (Å²) in [6, 6.07) is 2.13. The predicted octanol–water partition coefficient (Wildman–Crippen LogP) is 5.70. The van der Waals surface area contributed by atoms with E-state index in [9.17, 15) is 4.79 Å². The topological polar surface area (TPSA) is 48.7 Å². The quantitative estimate of drug-likeness (QED) is 0.570. The number of allylic oxidation sites excluding steroid dienone is 2. The summed E-state index contributed by atoms with van der Waals surface area (Å²) in [5.41, 5.74) is 2.06. The van der Waals surface area contributed by atoms with E-state index in [4.69, 9.17) is 13.9 Å². The molecule has 4 nitrogen and oxygen atoms in total. The normalized spacial score (nSPS) is 51.2. The zero-order valence-electron chi connectivity index (χ0n) is 20.0. The van der Waals surface area contributed by atoms with E-state index in [0.29, 0.717) is 19.1 Å². The van der Waals surface area contributed by atoms with E-state index in [1.54, 1.807) is 6.26 Å². The zero-order valence-corrected chi connectivity index (χ0v) is 20.0. The van der Waals surface area contributed by atoms with E-state index in [1.165, 1.54) is 11.1 Å². The number of fused-ring (bicyclic) bond motifs is 4. The summed E-state index contributed by atoms with van der Waals surface area (Å²) in [6.07, 6.45) is 13.2. The second-order valence-electron chi connectivity index (χ2n) is 11.9. The summed E-state index contributed by atoms with van der Waals surface area (Å²) in [4.78, 5) is 13.7. The Kier molecular flexibility index (Phi) is 4.23. The fourth-order valence-electron chi connectivity index (χ4n) is 9.30. The number of ketones is 1. The van der Waals surface area contributed by atoms with Crippen molar-refractivity contribution in [1.82, 2.24) is 0 Å². The third kappa shape index (κ3) is 2.24. The van der Waals surface area contributed by atoms with Crippen molar-refractivity contribution in [3.63, 3.8) is 0 Å². The standard InChI is InChI=1S/C28H36O4/c1-6-31-24-22-23-25(2,16-32-22)12-10-21(29)28(23,5)20-9-13-26(3)18(17-11-14-30-15-17)7-8-19(26)27(20,24)4/h8,10-12,14-15,18,20,22-24H,6-7,9,13,16H2,1-5H3/t18-,20-,22+,23-,24+,25-,26-,27-,28-/m0/s1. The summed E-state index contributed by atoms with van der Waals surface area (Å²) < 4.78 is 18.7. The third-order valence-corrected chi connectivity index (χ3v) is 10.5. The lowest BCUT2D eigenvalue weighted by molar-refractivity contribution is -0.212. The van der Waals surface area contributed by atoms with Gasteiger partial charge in [0, 0.05) is 28.8 Å². The molecule has 2 saturated carbocycles. The molecule has 172 valence electrons. The maximum Gasteiger partial charge on any atom is 0.161 e. The minimum atomic E-state index is -0.428. The molecule has 0 unspecified atom stereocenters. The molecule has 1 saturated heterocycles. The van der Waals surface area contributed by atoms with Gasteiger partial charge in [0.1, 0.15) is 0 Å². The molecule has 32 heavy (non-hydrogen) atoms. The Morgan fingerprint density at radius 3 is 2.72 bits per heavy atom. The molecule has 0 N–H and O–H groups in total. The SMILES string of the molecule is CCO[C@@H]1[C@@H]2OC[C@]3(C)C=CC(=O)[C@](C)([C@H]4CC[C@]5(C)C(=CC[C@H]5c5ccoc5)[C@@]41C)[C@@H]23. The predicted molar refractivity (Wildman–Crippen MR) is 122 cm³/mol. The minimum Gasteiger partial charge on any atom is -0.472 e. The van der Waals surface area contributed by atoms with Crippen molar-refractivity contribution in [2.75, 3.05) is 13.2 Å². The van der Waals surface area contributed by atoms with Gasteiger partial charge in [0.25, 0.3) is 0 Å². The lowest BCUT2D eigenvalue weighted by Crippen LogP contribution is -2.69. The van der Waals surface area contributed by atoms with Crippen molar-refractivity contribution in [3.8, 4) is 0 Å². The fourth-order valence-corrected chi connectivity index (χ4v) is 9.30. The van der Waals surface area contributed by atoms with Crippen molar-refractivity contribution < 1.29 is 18.7 Å². The van der Waals surface area contributed by atoms with Crippen LogP contribution in [0.5, 0.6) is 0 Å². The molecule has 1 aromatic heterocycles. The van der Waals surface area contributed by atoms with E-state index in [0.717, 1.165) is 19.3 Å². The Hall–Kier alpha value is -1.65. The molecule has 0 spiro atoms. The lowest BCUT2D eigenvalue weighted by Gasteiger charge is -2.66. The Morgan fingerprint density at radius 1 is 1.19 bits per heavy atom. The number of hydrogen-bond acceptors (Lipinski definition) is 4. The van der Waals surface area contributed by atoms with Crippen molar-refractivity contribution in [2.24, 2.45) is 33.5 Å². The Bertz CT molecular complexity index is 1010. The highest BCUT2D eigenvalue weighted by molar-refractivity contribution is 5.97. The minimum absolute atomic E-state index is 0.0364. The van der Waals surface area contributed by atoms with Crippen LogP contribution in [-0.4, -0.2) is 31.2 Å². The monoisotopic (exact) mass is 436 g/mol. The number of furan rings is 1. The van der Waals surface area contributed by atoms with Crippen LogP contribution in [0.2, 0.25) is 0 Å². The van der Waals surface area contributed by atoms with Gasteiger partial charge in [0.15, 0.2) is 5.78 Å². The first-order chi connectivity index (χ1) is 15.2. The van der Waals surface area contributed by atoms with Crippen LogP contribution in [-0.2, 0) is 14.3 Å². The number of rotatable bonds is 3. The van der Waals surface area contributed by atoms with Crippen LogP contribution in [0.1, 0.15) is 65.4 Å². The number of ether oxygens (including phenoxy) is 2. The number of carbonyl (C=O) groups is 1. The first kappa shape index (κ1) is 20.9. The molecule has 3 fully saturated rings. The molecule has 4 heteroatoms. The maximum atomic E-state index is 13.7. The third-order valence-electron chi connectivity index (χ3n) is 10.5. The van der Waals surface area contributed by atoms with Gasteiger partial charge in [0.05, 0.1) is 31.3 Å². The molecule has 0 amide bonds. The van der Waals surface area contributed by atoms with Crippen LogP contribution < -0.4 is 0 Å². The second-order valence-corrected chi connectivity index (χ2v) is 11.9. The van der Waals surface area contributed by atoms with Gasteiger partial charge in [-0.1, -0.05) is 45.4 Å². The highest BCUT2D eigenvalue weighted by Gasteiger charge is 2.74. The molecule has 9 atom stereocenters. The van der Waals surface area contributed by atoms with Crippen molar-refractivity contribution in [2.45, 2.75) is 72.0 Å². The van der Waals surface area contributed by atoms with Crippen LogP contribution in [0.3, 0.4) is 0 Å². The van der Waals surface area contributed by atoms with Crippen LogP contribution in [0, 0.1) is 33.5 Å². The Labute approximate surface area is 191 Å². The van der Waals surface area contributed by atoms with Crippen LogP contribution in [0.4, 0.5) is 0 Å². The molecule has 0 aromatic carbocycles. The summed E-state index contributed by atoms with van der Waals surface area (Å²) >= 11 is 0. The molecular formula is C28H36O4. The molecule has 2 heterocycles. The van der Waals surface area contributed by atoms with E-state index < -0.39 is 5.41 Å². The van der Waals surface area contributed by atoms with Crippen molar-refractivity contribution in [1.29, 1.82) is 0 Å². The lowest BCUT2D eigenvalue weighted by atomic mass is 9.38. The molecular weight excluding hydrogens is 400 g/mol. The Balaban J connectivity index is 1.53. The molecule has 6 rings (SSSR count). The maximum absolute atomic E-state index is 13.7. The van der Waals surface area contributed by atoms with Crippen LogP contribution >= 0.6 is 0 Å².